The molecule has 0 aliphatic heterocycles. The molecule has 0 fully saturated rings. The van der Waals surface area contributed by atoms with Gasteiger partial charge in [0.15, 0.2) is 0 Å². The standard InChI is InChI=1S/C13H18F3NO2S/c1-9(2)17-7-11(18)8-20(19)12-5-3-4-10(6-12)13(14,15)16/h3-6,9,11,17-18H,7-8H2,1-2H3. The average molecular weight is 309 g/mol. The Morgan fingerprint density at radius 1 is 1.35 bits per heavy atom. The van der Waals surface area contributed by atoms with Gasteiger partial charge in [0.2, 0.25) is 0 Å². The molecule has 1 aromatic carbocycles. The van der Waals surface area contributed by atoms with E-state index in [0.717, 1.165) is 12.1 Å². The largest absolute Gasteiger partial charge is 0.416 e. The molecule has 0 saturated heterocycles. The Kier molecular flexibility index (Phi) is 6.16. The van der Waals surface area contributed by atoms with Crippen LogP contribution in [0.15, 0.2) is 29.2 Å². The molecule has 2 atom stereocenters. The summed E-state index contributed by atoms with van der Waals surface area (Å²) >= 11 is 0. The third-order valence-corrected chi connectivity index (χ3v) is 4.00. The molecule has 3 nitrogen and oxygen atoms in total. The van der Waals surface area contributed by atoms with Gasteiger partial charge in [-0.2, -0.15) is 13.2 Å². The number of hydrogen-bond acceptors (Lipinski definition) is 3. The van der Waals surface area contributed by atoms with Crippen LogP contribution in [0.25, 0.3) is 0 Å². The minimum Gasteiger partial charge on any atom is -0.391 e. The number of halogens is 3. The van der Waals surface area contributed by atoms with Gasteiger partial charge < -0.3 is 10.4 Å². The van der Waals surface area contributed by atoms with Crippen LogP contribution in [0.5, 0.6) is 0 Å². The molecule has 0 spiro atoms. The fourth-order valence-electron chi connectivity index (χ4n) is 1.52. The highest BCUT2D eigenvalue weighted by Gasteiger charge is 2.30. The molecular weight excluding hydrogens is 291 g/mol. The van der Waals surface area contributed by atoms with Gasteiger partial charge in [0.25, 0.3) is 0 Å². The van der Waals surface area contributed by atoms with E-state index in [1.165, 1.54) is 12.1 Å². The number of aliphatic hydroxyl groups excluding tert-OH is 1. The molecular formula is C13H18F3NO2S. The van der Waals surface area contributed by atoms with E-state index in [9.17, 15) is 22.5 Å². The number of nitrogens with one attached hydrogen (secondary N) is 1. The van der Waals surface area contributed by atoms with Crippen molar-refractivity contribution in [2.45, 2.75) is 37.1 Å². The maximum atomic E-state index is 12.5. The lowest BCUT2D eigenvalue weighted by Gasteiger charge is -2.14. The van der Waals surface area contributed by atoms with Gasteiger partial charge >= 0.3 is 6.18 Å². The summed E-state index contributed by atoms with van der Waals surface area (Å²) in [5.41, 5.74) is -0.835. The Balaban J connectivity index is 2.68. The molecule has 1 rings (SSSR count). The third-order valence-electron chi connectivity index (χ3n) is 2.53. The predicted molar refractivity (Wildman–Crippen MR) is 71.9 cm³/mol. The summed E-state index contributed by atoms with van der Waals surface area (Å²) in [6.45, 7) is 4.05. The molecule has 2 N–H and O–H groups in total. The van der Waals surface area contributed by atoms with Gasteiger partial charge in [0, 0.05) is 17.5 Å². The second kappa shape index (κ2) is 7.19. The first-order chi connectivity index (χ1) is 9.20. The molecule has 0 radical (unpaired) electrons. The lowest BCUT2D eigenvalue weighted by atomic mass is 10.2. The summed E-state index contributed by atoms with van der Waals surface area (Å²) < 4.78 is 49.6. The first kappa shape index (κ1) is 17.1. The summed E-state index contributed by atoms with van der Waals surface area (Å²) in [7, 11) is -1.66. The highest BCUT2D eigenvalue weighted by atomic mass is 32.2. The second-order valence-electron chi connectivity index (χ2n) is 4.75. The Hall–Kier alpha value is -0.920. The molecule has 7 heteroatoms. The zero-order valence-corrected chi connectivity index (χ0v) is 12.1. The minimum absolute atomic E-state index is 0.0726. The van der Waals surface area contributed by atoms with E-state index in [0.29, 0.717) is 0 Å². The van der Waals surface area contributed by atoms with Gasteiger partial charge in [-0.05, 0) is 18.2 Å². The minimum atomic E-state index is -4.46. The Morgan fingerprint density at radius 3 is 2.55 bits per heavy atom. The molecule has 0 heterocycles. The van der Waals surface area contributed by atoms with Crippen molar-refractivity contribution in [2.75, 3.05) is 12.3 Å². The zero-order valence-electron chi connectivity index (χ0n) is 11.3. The Morgan fingerprint density at radius 2 is 2.00 bits per heavy atom. The lowest BCUT2D eigenvalue weighted by molar-refractivity contribution is -0.137. The van der Waals surface area contributed by atoms with Crippen LogP contribution in [0.3, 0.4) is 0 Å². The summed E-state index contributed by atoms with van der Waals surface area (Å²) in [4.78, 5) is 0.0726. The van der Waals surface area contributed by atoms with Crippen molar-refractivity contribution in [2.24, 2.45) is 0 Å². The van der Waals surface area contributed by atoms with Crippen LogP contribution in [0.2, 0.25) is 0 Å². The molecule has 20 heavy (non-hydrogen) atoms. The number of hydrogen-bond donors (Lipinski definition) is 2. The topological polar surface area (TPSA) is 49.3 Å². The summed E-state index contributed by atoms with van der Waals surface area (Å²) in [5.74, 6) is -0.0962. The quantitative estimate of drug-likeness (QED) is 0.847. The van der Waals surface area contributed by atoms with E-state index in [4.69, 9.17) is 0 Å². The first-order valence-electron chi connectivity index (χ1n) is 6.17. The van der Waals surface area contributed by atoms with Crippen molar-refractivity contribution in [1.82, 2.24) is 5.32 Å². The van der Waals surface area contributed by atoms with E-state index in [1.54, 1.807) is 0 Å². The van der Waals surface area contributed by atoms with E-state index in [1.807, 2.05) is 13.8 Å². The van der Waals surface area contributed by atoms with Crippen molar-refractivity contribution in [3.8, 4) is 0 Å². The number of benzene rings is 1. The number of aliphatic hydroxyl groups is 1. The van der Waals surface area contributed by atoms with Crippen LogP contribution in [0, 0.1) is 0 Å². The van der Waals surface area contributed by atoms with Crippen LogP contribution in [-0.4, -0.2) is 33.8 Å². The Labute approximate surface area is 118 Å². The van der Waals surface area contributed by atoms with Crippen molar-refractivity contribution < 1.29 is 22.5 Å². The summed E-state index contributed by atoms with van der Waals surface area (Å²) in [6, 6.07) is 4.55. The average Bonchev–Trinajstić information content (AvgIpc) is 2.35. The van der Waals surface area contributed by atoms with E-state index >= 15 is 0 Å². The Bertz CT molecular complexity index is 463. The molecule has 0 aromatic heterocycles. The van der Waals surface area contributed by atoms with Crippen molar-refractivity contribution in [3.63, 3.8) is 0 Å². The number of alkyl halides is 3. The molecule has 0 aliphatic rings. The maximum absolute atomic E-state index is 12.5. The van der Waals surface area contributed by atoms with Crippen LogP contribution in [0.1, 0.15) is 19.4 Å². The van der Waals surface area contributed by atoms with Gasteiger partial charge in [0.1, 0.15) is 0 Å². The van der Waals surface area contributed by atoms with Crippen molar-refractivity contribution in [3.05, 3.63) is 29.8 Å². The van der Waals surface area contributed by atoms with E-state index in [-0.39, 0.29) is 23.2 Å². The fourth-order valence-corrected chi connectivity index (χ4v) is 2.66. The van der Waals surface area contributed by atoms with Gasteiger partial charge in [-0.1, -0.05) is 19.9 Å². The lowest BCUT2D eigenvalue weighted by Crippen LogP contribution is -2.34. The molecule has 0 bridgehead atoms. The zero-order chi connectivity index (χ0) is 15.3. The predicted octanol–water partition coefficient (Wildman–Crippen LogP) is 2.17. The van der Waals surface area contributed by atoms with Crippen LogP contribution in [-0.2, 0) is 17.0 Å². The third kappa shape index (κ3) is 5.60. The van der Waals surface area contributed by atoms with E-state index in [2.05, 4.69) is 5.32 Å². The molecule has 0 saturated carbocycles. The van der Waals surface area contributed by atoms with Crippen LogP contribution >= 0.6 is 0 Å². The summed E-state index contributed by atoms with van der Waals surface area (Å²) in [5, 5.41) is 12.7. The normalized spacial score (nSPS) is 15.3. The second-order valence-corrected chi connectivity index (χ2v) is 6.25. The SMILES string of the molecule is CC(C)NCC(O)CS(=O)c1cccc(C(F)(F)F)c1. The van der Waals surface area contributed by atoms with Gasteiger partial charge in [-0.25, -0.2) is 0 Å². The first-order valence-corrected chi connectivity index (χ1v) is 7.49. The smallest absolute Gasteiger partial charge is 0.391 e. The molecule has 0 amide bonds. The van der Waals surface area contributed by atoms with Gasteiger partial charge in [0.05, 0.1) is 28.2 Å². The van der Waals surface area contributed by atoms with Gasteiger partial charge in [-0.15, -0.1) is 0 Å². The van der Waals surface area contributed by atoms with Crippen LogP contribution in [0.4, 0.5) is 13.2 Å². The monoisotopic (exact) mass is 309 g/mol. The molecule has 0 aliphatic carbocycles. The maximum Gasteiger partial charge on any atom is 0.416 e. The van der Waals surface area contributed by atoms with Crippen LogP contribution < -0.4 is 5.32 Å². The highest BCUT2D eigenvalue weighted by molar-refractivity contribution is 7.85. The van der Waals surface area contributed by atoms with Crippen molar-refractivity contribution >= 4 is 10.8 Å². The van der Waals surface area contributed by atoms with Crippen molar-refractivity contribution in [1.29, 1.82) is 0 Å². The highest BCUT2D eigenvalue weighted by Crippen LogP contribution is 2.30. The van der Waals surface area contributed by atoms with Gasteiger partial charge in [-0.3, -0.25) is 4.21 Å². The molecule has 2 unspecified atom stereocenters. The molecule has 114 valence electrons. The molecule has 1 aromatic rings. The number of rotatable bonds is 6. The fraction of sp³-hybridized carbons (Fsp3) is 0.538. The van der Waals surface area contributed by atoms with E-state index < -0.39 is 28.6 Å². The summed E-state index contributed by atoms with van der Waals surface area (Å²) in [6.07, 6.45) is -5.33.